The summed E-state index contributed by atoms with van der Waals surface area (Å²) in [5.74, 6) is 0. The van der Waals surface area contributed by atoms with Crippen molar-refractivity contribution in [1.82, 2.24) is 10.2 Å². The van der Waals surface area contributed by atoms with Gasteiger partial charge in [-0.2, -0.15) is 0 Å². The number of nitrogens with one attached hydrogen (secondary N) is 1. The van der Waals surface area contributed by atoms with E-state index in [1.54, 1.807) is 25.2 Å². The molecule has 0 fully saturated rings. The fourth-order valence-electron chi connectivity index (χ4n) is 1.48. The van der Waals surface area contributed by atoms with Gasteiger partial charge in [0.1, 0.15) is 0 Å². The molecule has 0 saturated heterocycles. The number of aliphatic hydroxyl groups is 1. The van der Waals surface area contributed by atoms with Crippen molar-refractivity contribution in [2.45, 2.75) is 13.0 Å². The van der Waals surface area contributed by atoms with Gasteiger partial charge in [0, 0.05) is 23.6 Å². The number of hydrogen-bond acceptors (Lipinski definition) is 2. The van der Waals surface area contributed by atoms with Crippen LogP contribution in [-0.4, -0.2) is 36.2 Å². The van der Waals surface area contributed by atoms with Crippen molar-refractivity contribution in [1.29, 1.82) is 0 Å². The van der Waals surface area contributed by atoms with Crippen LogP contribution in [0.4, 0.5) is 4.79 Å². The highest BCUT2D eigenvalue weighted by atomic mass is 35.5. The quantitative estimate of drug-likeness (QED) is 0.896. The van der Waals surface area contributed by atoms with E-state index >= 15 is 0 Å². The third-order valence-electron chi connectivity index (χ3n) is 2.55. The van der Waals surface area contributed by atoms with E-state index in [0.717, 1.165) is 5.56 Å². The summed E-state index contributed by atoms with van der Waals surface area (Å²) in [5.41, 5.74) is 0.798. The van der Waals surface area contributed by atoms with Crippen molar-refractivity contribution in [2.24, 2.45) is 0 Å². The number of hydrogen-bond donors (Lipinski definition) is 2. The zero-order valence-electron chi connectivity index (χ0n) is 10.3. The molecule has 0 aromatic heterocycles. The summed E-state index contributed by atoms with van der Waals surface area (Å²) in [5, 5.41) is 12.6. The van der Waals surface area contributed by atoms with Gasteiger partial charge in [0.15, 0.2) is 0 Å². The highest BCUT2D eigenvalue weighted by Crippen LogP contribution is 2.26. The van der Waals surface area contributed by atoms with Gasteiger partial charge in [0.25, 0.3) is 0 Å². The molecule has 1 aromatic rings. The molecule has 0 aliphatic heterocycles. The zero-order chi connectivity index (χ0) is 13.7. The standard InChI is InChI=1S/C12H16Cl2N2O2/c1-8(15-12(18)16(2)5-6-17)10-4-3-9(13)7-11(10)14/h3-4,7-8,17H,5-6H2,1-2H3,(H,15,18). The van der Waals surface area contributed by atoms with Crippen LogP contribution >= 0.6 is 23.2 Å². The number of likely N-dealkylation sites (N-methyl/N-ethyl adjacent to an activating group) is 1. The van der Waals surface area contributed by atoms with Crippen molar-refractivity contribution in [3.63, 3.8) is 0 Å². The first-order valence-electron chi connectivity index (χ1n) is 5.53. The van der Waals surface area contributed by atoms with Gasteiger partial charge in [-0.25, -0.2) is 4.79 Å². The Morgan fingerprint density at radius 2 is 2.17 bits per heavy atom. The fourth-order valence-corrected chi connectivity index (χ4v) is 2.05. The summed E-state index contributed by atoms with van der Waals surface area (Å²) in [6.07, 6.45) is 0. The molecule has 1 aromatic carbocycles. The molecule has 4 nitrogen and oxygen atoms in total. The Morgan fingerprint density at radius 1 is 1.50 bits per heavy atom. The van der Waals surface area contributed by atoms with Gasteiger partial charge >= 0.3 is 6.03 Å². The zero-order valence-corrected chi connectivity index (χ0v) is 11.8. The number of carbonyl (C=O) groups excluding carboxylic acids is 1. The highest BCUT2D eigenvalue weighted by molar-refractivity contribution is 6.35. The smallest absolute Gasteiger partial charge is 0.317 e. The second-order valence-electron chi connectivity index (χ2n) is 3.98. The van der Waals surface area contributed by atoms with Crippen LogP contribution in [0, 0.1) is 0 Å². The Kier molecular flexibility index (Phi) is 5.72. The molecule has 0 saturated carbocycles. The van der Waals surface area contributed by atoms with E-state index in [0.29, 0.717) is 10.0 Å². The molecule has 0 aliphatic carbocycles. The summed E-state index contributed by atoms with van der Waals surface area (Å²) in [6, 6.07) is 4.65. The van der Waals surface area contributed by atoms with Crippen LogP contribution in [0.25, 0.3) is 0 Å². The lowest BCUT2D eigenvalue weighted by Crippen LogP contribution is -2.39. The number of carbonyl (C=O) groups is 1. The van der Waals surface area contributed by atoms with Crippen LogP contribution in [0.5, 0.6) is 0 Å². The number of benzene rings is 1. The van der Waals surface area contributed by atoms with Gasteiger partial charge in [0.2, 0.25) is 0 Å². The van der Waals surface area contributed by atoms with Crippen molar-refractivity contribution < 1.29 is 9.90 Å². The summed E-state index contributed by atoms with van der Waals surface area (Å²) in [7, 11) is 1.61. The first kappa shape index (κ1) is 15.1. The van der Waals surface area contributed by atoms with Crippen molar-refractivity contribution in [3.05, 3.63) is 33.8 Å². The van der Waals surface area contributed by atoms with Gasteiger partial charge in [-0.3, -0.25) is 0 Å². The minimum Gasteiger partial charge on any atom is -0.395 e. The highest BCUT2D eigenvalue weighted by Gasteiger charge is 2.15. The van der Waals surface area contributed by atoms with Gasteiger partial charge in [-0.15, -0.1) is 0 Å². The van der Waals surface area contributed by atoms with Crippen LogP contribution < -0.4 is 5.32 Å². The Hall–Kier alpha value is -0.970. The van der Waals surface area contributed by atoms with Gasteiger partial charge in [0.05, 0.1) is 12.6 Å². The monoisotopic (exact) mass is 290 g/mol. The molecule has 18 heavy (non-hydrogen) atoms. The second kappa shape index (κ2) is 6.83. The average Bonchev–Trinajstić information content (AvgIpc) is 2.28. The molecular weight excluding hydrogens is 275 g/mol. The molecule has 6 heteroatoms. The average molecular weight is 291 g/mol. The van der Waals surface area contributed by atoms with E-state index in [-0.39, 0.29) is 25.2 Å². The maximum Gasteiger partial charge on any atom is 0.317 e. The first-order chi connectivity index (χ1) is 8.45. The molecule has 1 unspecified atom stereocenters. The van der Waals surface area contributed by atoms with Crippen LogP contribution in [0.1, 0.15) is 18.5 Å². The third-order valence-corrected chi connectivity index (χ3v) is 3.11. The van der Waals surface area contributed by atoms with Crippen LogP contribution in [0.15, 0.2) is 18.2 Å². The predicted molar refractivity (Wildman–Crippen MR) is 73.1 cm³/mol. The largest absolute Gasteiger partial charge is 0.395 e. The molecule has 100 valence electrons. The number of urea groups is 1. The number of rotatable bonds is 4. The van der Waals surface area contributed by atoms with E-state index < -0.39 is 0 Å². The maximum atomic E-state index is 11.7. The molecule has 2 N–H and O–H groups in total. The topological polar surface area (TPSA) is 52.6 Å². The number of nitrogens with zero attached hydrogens (tertiary/aromatic N) is 1. The van der Waals surface area contributed by atoms with Gasteiger partial charge in [-0.05, 0) is 24.6 Å². The lowest BCUT2D eigenvalue weighted by molar-refractivity contribution is 0.188. The lowest BCUT2D eigenvalue weighted by Gasteiger charge is -2.21. The normalized spacial score (nSPS) is 12.1. The molecule has 0 heterocycles. The van der Waals surface area contributed by atoms with Crippen LogP contribution in [-0.2, 0) is 0 Å². The Labute approximate surface area is 116 Å². The van der Waals surface area contributed by atoms with E-state index in [1.165, 1.54) is 4.90 Å². The minimum absolute atomic E-state index is 0.0694. The molecule has 0 aliphatic rings. The van der Waals surface area contributed by atoms with Gasteiger partial charge in [-0.1, -0.05) is 29.3 Å². The van der Waals surface area contributed by atoms with Crippen LogP contribution in [0.3, 0.4) is 0 Å². The summed E-state index contributed by atoms with van der Waals surface area (Å²) in [6.45, 7) is 2.05. The van der Waals surface area contributed by atoms with E-state index in [2.05, 4.69) is 5.32 Å². The lowest BCUT2D eigenvalue weighted by atomic mass is 10.1. The molecule has 0 bridgehead atoms. The van der Waals surface area contributed by atoms with Gasteiger partial charge < -0.3 is 15.3 Å². The Balaban J connectivity index is 2.70. The second-order valence-corrected chi connectivity index (χ2v) is 4.83. The van der Waals surface area contributed by atoms with Crippen molar-refractivity contribution in [2.75, 3.05) is 20.2 Å². The molecular formula is C12H16Cl2N2O2. The summed E-state index contributed by atoms with van der Waals surface area (Å²) >= 11 is 11.9. The minimum atomic E-state index is -0.262. The van der Waals surface area contributed by atoms with Crippen molar-refractivity contribution in [3.8, 4) is 0 Å². The van der Waals surface area contributed by atoms with E-state index in [9.17, 15) is 4.79 Å². The fraction of sp³-hybridized carbons (Fsp3) is 0.417. The summed E-state index contributed by atoms with van der Waals surface area (Å²) in [4.78, 5) is 13.1. The van der Waals surface area contributed by atoms with E-state index in [1.807, 2.05) is 6.92 Å². The van der Waals surface area contributed by atoms with E-state index in [4.69, 9.17) is 28.3 Å². The molecule has 2 amide bonds. The Bertz CT molecular complexity index is 427. The molecule has 0 radical (unpaired) electrons. The Morgan fingerprint density at radius 3 is 2.72 bits per heavy atom. The SMILES string of the molecule is CC(NC(=O)N(C)CCO)c1ccc(Cl)cc1Cl. The maximum absolute atomic E-state index is 11.7. The van der Waals surface area contributed by atoms with Crippen molar-refractivity contribution >= 4 is 29.2 Å². The summed E-state index contributed by atoms with van der Waals surface area (Å²) < 4.78 is 0. The first-order valence-corrected chi connectivity index (χ1v) is 6.28. The molecule has 1 rings (SSSR count). The number of halogens is 2. The van der Waals surface area contributed by atoms with Crippen LogP contribution in [0.2, 0.25) is 10.0 Å². The number of aliphatic hydroxyl groups excluding tert-OH is 1. The predicted octanol–water partition coefficient (Wildman–Crippen LogP) is 2.69. The number of amides is 2. The molecule has 0 spiro atoms. The third kappa shape index (κ3) is 4.05. The molecule has 1 atom stereocenters.